The van der Waals surface area contributed by atoms with Gasteiger partial charge in [0.05, 0.1) is 13.7 Å². The Morgan fingerprint density at radius 2 is 2.11 bits per heavy atom. The van der Waals surface area contributed by atoms with Gasteiger partial charge in [-0.25, -0.2) is 4.98 Å². The number of nitrogens with zero attached hydrogens (tertiary/aromatic N) is 1. The van der Waals surface area contributed by atoms with Gasteiger partial charge in [-0.1, -0.05) is 6.07 Å². The third-order valence-electron chi connectivity index (χ3n) is 2.28. The first kappa shape index (κ1) is 14.4. The molecule has 1 aromatic heterocycles. The van der Waals surface area contributed by atoms with E-state index in [0.717, 1.165) is 5.56 Å². The number of rotatable bonds is 5. The van der Waals surface area contributed by atoms with Crippen molar-refractivity contribution < 1.29 is 9.53 Å². The molecule has 1 heterocycles. The average Bonchev–Trinajstić information content (AvgIpc) is 2.33. The lowest BCUT2D eigenvalue weighted by Gasteiger charge is -2.19. The number of hydrogen-bond donors (Lipinski definition) is 2. The van der Waals surface area contributed by atoms with Gasteiger partial charge in [-0.05, 0) is 26.3 Å². The largest absolute Gasteiger partial charge is 0.481 e. The van der Waals surface area contributed by atoms with Crippen LogP contribution in [0.15, 0.2) is 18.3 Å². The Morgan fingerprint density at radius 3 is 2.61 bits per heavy atom. The molecule has 100 valence electrons. The second-order valence-corrected chi connectivity index (χ2v) is 5.09. The molecular formula is C13H21N3O2. The summed E-state index contributed by atoms with van der Waals surface area (Å²) >= 11 is 0. The van der Waals surface area contributed by atoms with Crippen LogP contribution in [0.3, 0.4) is 0 Å². The maximum absolute atomic E-state index is 11.6. The third-order valence-corrected chi connectivity index (χ3v) is 2.28. The Morgan fingerprint density at radius 1 is 1.39 bits per heavy atom. The molecule has 0 saturated carbocycles. The molecule has 1 amide bonds. The van der Waals surface area contributed by atoms with Gasteiger partial charge in [0.15, 0.2) is 0 Å². The summed E-state index contributed by atoms with van der Waals surface area (Å²) in [5, 5.41) is 5.96. The fourth-order valence-electron chi connectivity index (χ4n) is 1.24. The highest BCUT2D eigenvalue weighted by molar-refractivity contribution is 5.78. The molecular weight excluding hydrogens is 230 g/mol. The van der Waals surface area contributed by atoms with Crippen LogP contribution in [0.25, 0.3) is 0 Å². The molecule has 0 unspecified atom stereocenters. The van der Waals surface area contributed by atoms with Gasteiger partial charge in [-0.3, -0.25) is 4.79 Å². The van der Waals surface area contributed by atoms with Gasteiger partial charge in [0, 0.05) is 24.3 Å². The van der Waals surface area contributed by atoms with Gasteiger partial charge < -0.3 is 15.4 Å². The van der Waals surface area contributed by atoms with E-state index in [-0.39, 0.29) is 11.4 Å². The summed E-state index contributed by atoms with van der Waals surface area (Å²) in [5.74, 6) is 0.542. The minimum absolute atomic E-state index is 0.0271. The van der Waals surface area contributed by atoms with E-state index >= 15 is 0 Å². The molecule has 0 aliphatic rings. The molecule has 0 spiro atoms. The van der Waals surface area contributed by atoms with E-state index in [2.05, 4.69) is 15.6 Å². The molecule has 0 atom stereocenters. The van der Waals surface area contributed by atoms with E-state index < -0.39 is 0 Å². The minimum Gasteiger partial charge on any atom is -0.481 e. The number of hydrogen-bond acceptors (Lipinski definition) is 4. The van der Waals surface area contributed by atoms with Gasteiger partial charge in [-0.2, -0.15) is 0 Å². The molecule has 0 aliphatic heterocycles. The van der Waals surface area contributed by atoms with Crippen LogP contribution in [0, 0.1) is 0 Å². The first-order valence-electron chi connectivity index (χ1n) is 5.91. The van der Waals surface area contributed by atoms with E-state index in [4.69, 9.17) is 4.74 Å². The lowest BCUT2D eigenvalue weighted by molar-refractivity contribution is -0.120. The molecule has 0 bridgehead atoms. The van der Waals surface area contributed by atoms with E-state index in [1.807, 2.05) is 26.8 Å². The fraction of sp³-hybridized carbons (Fsp3) is 0.538. The average molecular weight is 251 g/mol. The first-order valence-corrected chi connectivity index (χ1v) is 5.91. The molecule has 5 heteroatoms. The summed E-state index contributed by atoms with van der Waals surface area (Å²) in [7, 11) is 1.57. The zero-order chi connectivity index (χ0) is 13.6. The lowest BCUT2D eigenvalue weighted by Crippen LogP contribution is -2.43. The molecule has 0 radical (unpaired) electrons. The number of nitrogens with one attached hydrogen (secondary N) is 2. The number of methoxy groups -OCH3 is 1. The van der Waals surface area contributed by atoms with Crippen LogP contribution < -0.4 is 15.4 Å². The molecule has 18 heavy (non-hydrogen) atoms. The van der Waals surface area contributed by atoms with Crippen molar-refractivity contribution in [3.8, 4) is 5.88 Å². The van der Waals surface area contributed by atoms with Crippen LogP contribution in [-0.4, -0.2) is 30.1 Å². The summed E-state index contributed by atoms with van der Waals surface area (Å²) < 4.78 is 4.96. The highest BCUT2D eigenvalue weighted by Gasteiger charge is 2.10. The Kier molecular flexibility index (Phi) is 5.09. The normalized spacial score (nSPS) is 11.1. The Labute approximate surface area is 108 Å². The number of amides is 1. The first-order chi connectivity index (χ1) is 8.40. The Balaban J connectivity index is 2.33. The van der Waals surface area contributed by atoms with Crippen LogP contribution in [0.4, 0.5) is 0 Å². The van der Waals surface area contributed by atoms with E-state index in [0.29, 0.717) is 19.0 Å². The molecule has 5 nitrogen and oxygen atoms in total. The molecule has 2 N–H and O–H groups in total. The van der Waals surface area contributed by atoms with Crippen molar-refractivity contribution in [1.82, 2.24) is 15.6 Å². The van der Waals surface area contributed by atoms with Gasteiger partial charge in [0.1, 0.15) is 0 Å². The molecule has 0 fully saturated rings. The quantitative estimate of drug-likeness (QED) is 0.822. The topological polar surface area (TPSA) is 63.2 Å². The summed E-state index contributed by atoms with van der Waals surface area (Å²) in [6.45, 7) is 6.85. The summed E-state index contributed by atoms with van der Waals surface area (Å²) in [5.41, 5.74) is 0.888. The number of ether oxygens (including phenoxy) is 1. The van der Waals surface area contributed by atoms with Gasteiger partial charge in [0.25, 0.3) is 0 Å². The number of carbonyl (C=O) groups is 1. The van der Waals surface area contributed by atoms with Crippen molar-refractivity contribution in [2.24, 2.45) is 0 Å². The van der Waals surface area contributed by atoms with Crippen LogP contribution in [-0.2, 0) is 11.3 Å². The predicted octanol–water partition coefficient (Wildman–Crippen LogP) is 1.09. The zero-order valence-electron chi connectivity index (χ0n) is 11.4. The van der Waals surface area contributed by atoms with Crippen LogP contribution in [0.5, 0.6) is 5.88 Å². The highest BCUT2D eigenvalue weighted by Crippen LogP contribution is 2.06. The van der Waals surface area contributed by atoms with Gasteiger partial charge >= 0.3 is 0 Å². The molecule has 1 aromatic rings. The lowest BCUT2D eigenvalue weighted by atomic mass is 10.1. The van der Waals surface area contributed by atoms with Crippen molar-refractivity contribution in [1.29, 1.82) is 0 Å². The second kappa shape index (κ2) is 6.35. The standard InChI is InChI=1S/C13H21N3O2/c1-13(2,3)16-9-11(17)14-7-10-5-6-12(18-4)15-8-10/h5-6,8,16H,7,9H2,1-4H3,(H,14,17). The maximum Gasteiger partial charge on any atom is 0.234 e. The summed E-state index contributed by atoms with van der Waals surface area (Å²) in [4.78, 5) is 15.6. The van der Waals surface area contributed by atoms with Gasteiger partial charge in [0.2, 0.25) is 11.8 Å². The smallest absolute Gasteiger partial charge is 0.234 e. The van der Waals surface area contributed by atoms with Crippen LogP contribution in [0.1, 0.15) is 26.3 Å². The number of pyridine rings is 1. The van der Waals surface area contributed by atoms with Crippen molar-refractivity contribution in [2.45, 2.75) is 32.9 Å². The van der Waals surface area contributed by atoms with Crippen molar-refractivity contribution in [3.63, 3.8) is 0 Å². The number of aromatic nitrogens is 1. The minimum atomic E-state index is -0.0565. The number of carbonyl (C=O) groups excluding carboxylic acids is 1. The van der Waals surface area contributed by atoms with Gasteiger partial charge in [-0.15, -0.1) is 0 Å². The Hall–Kier alpha value is -1.62. The summed E-state index contributed by atoms with van der Waals surface area (Å²) in [6.07, 6.45) is 1.69. The van der Waals surface area contributed by atoms with Crippen molar-refractivity contribution in [2.75, 3.05) is 13.7 Å². The van der Waals surface area contributed by atoms with E-state index in [1.54, 1.807) is 19.4 Å². The van der Waals surface area contributed by atoms with Crippen LogP contribution in [0.2, 0.25) is 0 Å². The maximum atomic E-state index is 11.6. The Bertz CT molecular complexity index is 382. The predicted molar refractivity (Wildman–Crippen MR) is 70.4 cm³/mol. The highest BCUT2D eigenvalue weighted by atomic mass is 16.5. The zero-order valence-corrected chi connectivity index (χ0v) is 11.4. The molecule has 1 rings (SSSR count). The summed E-state index contributed by atoms with van der Waals surface area (Å²) in [6, 6.07) is 3.65. The van der Waals surface area contributed by atoms with E-state index in [1.165, 1.54) is 0 Å². The molecule has 0 saturated heterocycles. The van der Waals surface area contributed by atoms with Crippen molar-refractivity contribution in [3.05, 3.63) is 23.9 Å². The van der Waals surface area contributed by atoms with Crippen molar-refractivity contribution >= 4 is 5.91 Å². The second-order valence-electron chi connectivity index (χ2n) is 5.09. The molecule has 0 aromatic carbocycles. The van der Waals surface area contributed by atoms with E-state index in [9.17, 15) is 4.79 Å². The fourth-order valence-corrected chi connectivity index (χ4v) is 1.24. The molecule has 0 aliphatic carbocycles. The monoisotopic (exact) mass is 251 g/mol. The SMILES string of the molecule is COc1ccc(CNC(=O)CNC(C)(C)C)cn1. The van der Waals surface area contributed by atoms with Crippen LogP contribution >= 0.6 is 0 Å². The third kappa shape index (κ3) is 5.63.